The summed E-state index contributed by atoms with van der Waals surface area (Å²) in [6, 6.07) is 4.35. The Hall–Kier alpha value is -1.83. The fourth-order valence-corrected chi connectivity index (χ4v) is 2.10. The molecule has 1 aromatic rings. The number of aliphatic hydroxyl groups is 2. The molecule has 0 saturated carbocycles. The minimum Gasteiger partial charge on any atom is -0.481 e. The van der Waals surface area contributed by atoms with Gasteiger partial charge in [-0.25, -0.2) is 4.79 Å². The van der Waals surface area contributed by atoms with Crippen LogP contribution in [0, 0.1) is 0 Å². The van der Waals surface area contributed by atoms with Crippen LogP contribution in [0.4, 0.5) is 4.79 Å². The number of aliphatic hydroxyl groups excluding tert-OH is 2. The predicted octanol–water partition coefficient (Wildman–Crippen LogP) is 1.89. The van der Waals surface area contributed by atoms with Crippen LogP contribution in [0.1, 0.15) is 38.0 Å². The molecule has 1 amide bonds. The molecular formula is C16H22ClNO6. The van der Waals surface area contributed by atoms with E-state index < -0.39 is 29.9 Å². The van der Waals surface area contributed by atoms with Crippen molar-refractivity contribution < 1.29 is 29.6 Å². The second-order valence-corrected chi connectivity index (χ2v) is 6.72. The molecule has 1 aromatic carbocycles. The highest BCUT2D eigenvalue weighted by Crippen LogP contribution is 2.24. The van der Waals surface area contributed by atoms with Crippen molar-refractivity contribution in [3.05, 3.63) is 34.3 Å². The molecule has 0 saturated heterocycles. The second-order valence-electron chi connectivity index (χ2n) is 6.32. The number of carboxylic acids is 1. The Bertz CT molecular complexity index is 599. The third-order valence-corrected chi connectivity index (χ3v) is 3.34. The summed E-state index contributed by atoms with van der Waals surface area (Å²) in [6.07, 6.45) is -3.62. The zero-order chi connectivity index (χ0) is 18.5. The van der Waals surface area contributed by atoms with Gasteiger partial charge in [-0.2, -0.15) is 0 Å². The monoisotopic (exact) mass is 359 g/mol. The van der Waals surface area contributed by atoms with E-state index in [1.54, 1.807) is 20.8 Å². The number of alkyl carbamates (subject to hydrolysis) is 1. The molecule has 0 aliphatic carbocycles. The molecule has 0 aromatic heterocycles. The smallest absolute Gasteiger partial charge is 0.407 e. The standard InChI is InChI=1S/C16H22ClNO6/c1-16(2,3)24-15(23)18-8-12(19)14(22)9-4-5-11(17)10(6-9)7-13(20)21/h4-6,12,14,19,22H,7-8H2,1-3H3,(H,18,23)(H,20,21). The van der Waals surface area contributed by atoms with Crippen LogP contribution in [-0.4, -0.2) is 45.6 Å². The molecule has 4 N–H and O–H groups in total. The molecule has 0 spiro atoms. The molecule has 134 valence electrons. The van der Waals surface area contributed by atoms with Crippen LogP contribution in [-0.2, 0) is 16.0 Å². The molecule has 0 fully saturated rings. The average molecular weight is 360 g/mol. The molecule has 8 heteroatoms. The van der Waals surface area contributed by atoms with E-state index >= 15 is 0 Å². The molecule has 0 aliphatic heterocycles. The van der Waals surface area contributed by atoms with Crippen molar-refractivity contribution in [3.63, 3.8) is 0 Å². The van der Waals surface area contributed by atoms with Crippen molar-refractivity contribution in [2.24, 2.45) is 0 Å². The molecule has 2 unspecified atom stereocenters. The van der Waals surface area contributed by atoms with Crippen molar-refractivity contribution in [1.82, 2.24) is 5.32 Å². The summed E-state index contributed by atoms with van der Waals surface area (Å²) in [5.74, 6) is -1.06. The topological polar surface area (TPSA) is 116 Å². The number of benzene rings is 1. The SMILES string of the molecule is CC(C)(C)OC(=O)NCC(O)C(O)c1ccc(Cl)c(CC(=O)O)c1. The fraction of sp³-hybridized carbons (Fsp3) is 0.500. The lowest BCUT2D eigenvalue weighted by Gasteiger charge is -2.22. The summed E-state index contributed by atoms with van der Waals surface area (Å²) in [7, 11) is 0. The first kappa shape index (κ1) is 20.2. The first-order chi connectivity index (χ1) is 11.0. The molecule has 2 atom stereocenters. The molecule has 0 bridgehead atoms. The van der Waals surface area contributed by atoms with Gasteiger partial charge in [0, 0.05) is 11.6 Å². The number of hydrogen-bond acceptors (Lipinski definition) is 5. The highest BCUT2D eigenvalue weighted by molar-refractivity contribution is 6.31. The largest absolute Gasteiger partial charge is 0.481 e. The maximum absolute atomic E-state index is 11.5. The summed E-state index contributed by atoms with van der Waals surface area (Å²) < 4.78 is 5.03. The van der Waals surface area contributed by atoms with Gasteiger partial charge >= 0.3 is 12.1 Å². The van der Waals surface area contributed by atoms with E-state index in [0.717, 1.165) is 0 Å². The van der Waals surface area contributed by atoms with Gasteiger partial charge in [0.1, 0.15) is 17.8 Å². The second kappa shape index (κ2) is 8.32. The summed E-state index contributed by atoms with van der Waals surface area (Å²) in [5, 5.41) is 31.6. The van der Waals surface area contributed by atoms with E-state index in [4.69, 9.17) is 21.4 Å². The zero-order valence-electron chi connectivity index (χ0n) is 13.7. The number of carbonyl (C=O) groups is 2. The summed E-state index contributed by atoms with van der Waals surface area (Å²) in [4.78, 5) is 22.3. The normalized spacial score (nSPS) is 13.9. The average Bonchev–Trinajstić information content (AvgIpc) is 2.44. The molecule has 0 aliphatic rings. The Morgan fingerprint density at radius 2 is 1.92 bits per heavy atom. The van der Waals surface area contributed by atoms with Crippen LogP contribution in [0.5, 0.6) is 0 Å². The van der Waals surface area contributed by atoms with Gasteiger partial charge in [0.25, 0.3) is 0 Å². The van der Waals surface area contributed by atoms with E-state index in [-0.39, 0.29) is 18.0 Å². The predicted molar refractivity (Wildman–Crippen MR) is 88.0 cm³/mol. The summed E-state index contributed by atoms with van der Waals surface area (Å²) in [6.45, 7) is 4.88. The number of ether oxygens (including phenoxy) is 1. The Morgan fingerprint density at radius 3 is 2.46 bits per heavy atom. The van der Waals surface area contributed by atoms with Gasteiger partial charge in [-0.15, -0.1) is 0 Å². The van der Waals surface area contributed by atoms with Crippen molar-refractivity contribution >= 4 is 23.7 Å². The maximum atomic E-state index is 11.5. The number of hydrogen-bond donors (Lipinski definition) is 4. The van der Waals surface area contributed by atoms with Gasteiger partial charge in [-0.3, -0.25) is 4.79 Å². The number of carbonyl (C=O) groups excluding carboxylic acids is 1. The lowest BCUT2D eigenvalue weighted by Crippen LogP contribution is -2.38. The third kappa shape index (κ3) is 6.74. The van der Waals surface area contributed by atoms with E-state index in [2.05, 4.69) is 5.32 Å². The summed E-state index contributed by atoms with van der Waals surface area (Å²) in [5.41, 5.74) is -0.0441. The Kier molecular flexibility index (Phi) is 7.01. The molecule has 24 heavy (non-hydrogen) atoms. The Labute approximate surface area is 145 Å². The van der Waals surface area contributed by atoms with Crippen LogP contribution in [0.2, 0.25) is 5.02 Å². The fourth-order valence-electron chi connectivity index (χ4n) is 1.91. The van der Waals surface area contributed by atoms with Crippen molar-refractivity contribution in [2.45, 2.75) is 45.0 Å². The Morgan fingerprint density at radius 1 is 1.29 bits per heavy atom. The van der Waals surface area contributed by atoms with Gasteiger partial charge in [0.2, 0.25) is 0 Å². The van der Waals surface area contributed by atoms with Crippen molar-refractivity contribution in [2.75, 3.05) is 6.54 Å². The van der Waals surface area contributed by atoms with Gasteiger partial charge in [0.05, 0.1) is 6.42 Å². The minimum absolute atomic E-state index is 0.229. The van der Waals surface area contributed by atoms with Gasteiger partial charge in [0.15, 0.2) is 0 Å². The zero-order valence-corrected chi connectivity index (χ0v) is 14.5. The highest BCUT2D eigenvalue weighted by Gasteiger charge is 2.22. The van der Waals surface area contributed by atoms with Crippen LogP contribution in [0.3, 0.4) is 0 Å². The third-order valence-electron chi connectivity index (χ3n) is 2.97. The molecule has 1 rings (SSSR count). The molecule has 0 radical (unpaired) electrons. The number of aliphatic carboxylic acids is 1. The van der Waals surface area contributed by atoms with E-state index in [9.17, 15) is 19.8 Å². The summed E-state index contributed by atoms with van der Waals surface area (Å²) >= 11 is 5.91. The molecule has 0 heterocycles. The first-order valence-corrected chi connectivity index (χ1v) is 7.70. The number of nitrogens with one attached hydrogen (secondary N) is 1. The highest BCUT2D eigenvalue weighted by atomic mass is 35.5. The molecular weight excluding hydrogens is 338 g/mol. The lowest BCUT2D eigenvalue weighted by molar-refractivity contribution is -0.136. The van der Waals surface area contributed by atoms with Gasteiger partial charge < -0.3 is 25.4 Å². The minimum atomic E-state index is -1.32. The van der Waals surface area contributed by atoms with Crippen molar-refractivity contribution in [3.8, 4) is 0 Å². The van der Waals surface area contributed by atoms with Gasteiger partial charge in [-0.05, 0) is 38.0 Å². The van der Waals surface area contributed by atoms with E-state index in [0.29, 0.717) is 11.1 Å². The lowest BCUT2D eigenvalue weighted by atomic mass is 10.0. The Balaban J connectivity index is 2.70. The van der Waals surface area contributed by atoms with E-state index in [1.807, 2.05) is 0 Å². The van der Waals surface area contributed by atoms with Crippen LogP contribution < -0.4 is 5.32 Å². The maximum Gasteiger partial charge on any atom is 0.407 e. The van der Waals surface area contributed by atoms with Crippen LogP contribution in [0.25, 0.3) is 0 Å². The quantitative estimate of drug-likeness (QED) is 0.616. The van der Waals surface area contributed by atoms with E-state index in [1.165, 1.54) is 18.2 Å². The number of rotatable bonds is 6. The number of amides is 1. The number of carboxylic acid groups (broad SMARTS) is 1. The van der Waals surface area contributed by atoms with Gasteiger partial charge in [-0.1, -0.05) is 23.7 Å². The van der Waals surface area contributed by atoms with Crippen LogP contribution in [0.15, 0.2) is 18.2 Å². The van der Waals surface area contributed by atoms with Crippen molar-refractivity contribution in [1.29, 1.82) is 0 Å². The number of halogens is 1. The first-order valence-electron chi connectivity index (χ1n) is 7.32. The van der Waals surface area contributed by atoms with Crippen LogP contribution >= 0.6 is 11.6 Å². The molecule has 7 nitrogen and oxygen atoms in total.